The summed E-state index contributed by atoms with van der Waals surface area (Å²) in [6, 6.07) is 6.43. The number of rotatable bonds is 7. The van der Waals surface area contributed by atoms with Crippen LogP contribution >= 0.6 is 11.3 Å². The van der Waals surface area contributed by atoms with Crippen LogP contribution in [0.2, 0.25) is 0 Å². The van der Waals surface area contributed by atoms with Gasteiger partial charge in [0.25, 0.3) is 5.91 Å². The number of hydrogen-bond acceptors (Lipinski definition) is 4. The van der Waals surface area contributed by atoms with Gasteiger partial charge in [-0.2, -0.15) is 0 Å². The van der Waals surface area contributed by atoms with Gasteiger partial charge in [0.1, 0.15) is 10.7 Å². The third-order valence-corrected chi connectivity index (χ3v) is 5.93. The first-order chi connectivity index (χ1) is 13.1. The van der Waals surface area contributed by atoms with Crippen LogP contribution in [0.1, 0.15) is 58.5 Å². The SMILES string of the molecule is CCCN(CC1CCCCO1)C(=O)c1sc(Cc2ccc(F)cc2)nc1C. The Bertz CT molecular complexity index is 754. The van der Waals surface area contributed by atoms with Crippen LogP contribution < -0.4 is 0 Å². The first kappa shape index (κ1) is 20.0. The molecule has 0 saturated carbocycles. The molecule has 1 atom stereocenters. The number of aromatic nitrogens is 1. The van der Waals surface area contributed by atoms with Crippen LogP contribution in [-0.4, -0.2) is 41.6 Å². The quantitative estimate of drug-likeness (QED) is 0.694. The zero-order valence-corrected chi connectivity index (χ0v) is 16.9. The zero-order valence-electron chi connectivity index (χ0n) is 16.0. The molecule has 1 amide bonds. The lowest BCUT2D eigenvalue weighted by molar-refractivity contribution is -0.00376. The van der Waals surface area contributed by atoms with Crippen molar-refractivity contribution in [2.45, 2.75) is 52.1 Å². The Kier molecular flexibility index (Phi) is 6.96. The van der Waals surface area contributed by atoms with Crippen molar-refractivity contribution in [2.24, 2.45) is 0 Å². The smallest absolute Gasteiger partial charge is 0.265 e. The Morgan fingerprint density at radius 1 is 1.33 bits per heavy atom. The normalized spacial score (nSPS) is 17.1. The Morgan fingerprint density at radius 2 is 2.11 bits per heavy atom. The van der Waals surface area contributed by atoms with E-state index in [-0.39, 0.29) is 17.8 Å². The van der Waals surface area contributed by atoms with Crippen molar-refractivity contribution < 1.29 is 13.9 Å². The van der Waals surface area contributed by atoms with Crippen molar-refractivity contribution in [2.75, 3.05) is 19.7 Å². The van der Waals surface area contributed by atoms with E-state index in [1.54, 1.807) is 12.1 Å². The number of carbonyl (C=O) groups excluding carboxylic acids is 1. The van der Waals surface area contributed by atoms with Crippen molar-refractivity contribution in [1.82, 2.24) is 9.88 Å². The second kappa shape index (κ2) is 9.42. The lowest BCUT2D eigenvalue weighted by Crippen LogP contribution is -2.40. The summed E-state index contributed by atoms with van der Waals surface area (Å²) in [5.74, 6) is -0.198. The van der Waals surface area contributed by atoms with Gasteiger partial charge in [-0.1, -0.05) is 19.1 Å². The summed E-state index contributed by atoms with van der Waals surface area (Å²) in [5, 5.41) is 0.882. The van der Waals surface area contributed by atoms with Gasteiger partial charge in [0, 0.05) is 26.1 Å². The van der Waals surface area contributed by atoms with Crippen LogP contribution in [0, 0.1) is 12.7 Å². The Labute approximate surface area is 164 Å². The first-order valence-electron chi connectivity index (χ1n) is 9.68. The highest BCUT2D eigenvalue weighted by Gasteiger charge is 2.25. The molecular formula is C21H27FN2O2S. The van der Waals surface area contributed by atoms with Crippen LogP contribution in [0.15, 0.2) is 24.3 Å². The molecule has 1 saturated heterocycles. The molecule has 0 aliphatic carbocycles. The maximum absolute atomic E-state index is 13.1. The lowest BCUT2D eigenvalue weighted by atomic mass is 10.1. The third kappa shape index (κ3) is 5.36. The van der Waals surface area contributed by atoms with E-state index in [0.29, 0.717) is 17.8 Å². The molecule has 2 aromatic rings. The average molecular weight is 391 g/mol. The largest absolute Gasteiger partial charge is 0.376 e. The number of halogens is 1. The number of nitrogens with zero attached hydrogens (tertiary/aromatic N) is 2. The molecule has 1 unspecified atom stereocenters. The van der Waals surface area contributed by atoms with Crippen molar-refractivity contribution in [3.8, 4) is 0 Å². The average Bonchev–Trinajstić information content (AvgIpc) is 3.03. The number of ether oxygens (including phenoxy) is 1. The van der Waals surface area contributed by atoms with E-state index in [1.807, 2.05) is 11.8 Å². The van der Waals surface area contributed by atoms with Gasteiger partial charge in [-0.25, -0.2) is 9.37 Å². The van der Waals surface area contributed by atoms with Crippen LogP contribution in [0.5, 0.6) is 0 Å². The van der Waals surface area contributed by atoms with E-state index in [4.69, 9.17) is 4.74 Å². The van der Waals surface area contributed by atoms with Gasteiger partial charge < -0.3 is 9.64 Å². The Balaban J connectivity index is 1.71. The van der Waals surface area contributed by atoms with Crippen LogP contribution in [0.3, 0.4) is 0 Å². The summed E-state index contributed by atoms with van der Waals surface area (Å²) in [4.78, 5) is 20.3. The summed E-state index contributed by atoms with van der Waals surface area (Å²) >= 11 is 1.45. The minimum atomic E-state index is -0.245. The van der Waals surface area contributed by atoms with Gasteiger partial charge in [-0.05, 0) is 50.3 Å². The van der Waals surface area contributed by atoms with Crippen LogP contribution in [-0.2, 0) is 11.2 Å². The molecule has 1 aromatic carbocycles. The molecule has 0 spiro atoms. The molecule has 6 heteroatoms. The van der Waals surface area contributed by atoms with Crippen molar-refractivity contribution >= 4 is 17.2 Å². The molecule has 2 heterocycles. The van der Waals surface area contributed by atoms with E-state index >= 15 is 0 Å². The minimum Gasteiger partial charge on any atom is -0.376 e. The van der Waals surface area contributed by atoms with Gasteiger partial charge in [0.15, 0.2) is 0 Å². The molecule has 0 bridgehead atoms. The highest BCUT2D eigenvalue weighted by Crippen LogP contribution is 2.24. The number of amides is 1. The highest BCUT2D eigenvalue weighted by atomic mass is 32.1. The first-order valence-corrected chi connectivity index (χ1v) is 10.5. The number of carbonyl (C=O) groups is 1. The predicted octanol–water partition coefficient (Wildman–Crippen LogP) is 4.60. The fraction of sp³-hybridized carbons (Fsp3) is 0.524. The second-order valence-corrected chi connectivity index (χ2v) is 8.15. The summed E-state index contributed by atoms with van der Waals surface area (Å²) < 4.78 is 18.9. The predicted molar refractivity (Wildman–Crippen MR) is 106 cm³/mol. The lowest BCUT2D eigenvalue weighted by Gasteiger charge is -2.29. The van der Waals surface area contributed by atoms with Crippen molar-refractivity contribution in [3.05, 3.63) is 51.2 Å². The molecule has 146 valence electrons. The molecule has 1 aliphatic heterocycles. The molecule has 1 aliphatic rings. The van der Waals surface area contributed by atoms with Gasteiger partial charge in [0.05, 0.1) is 16.8 Å². The monoisotopic (exact) mass is 390 g/mol. The molecule has 3 rings (SSSR count). The van der Waals surface area contributed by atoms with E-state index in [1.165, 1.54) is 29.9 Å². The van der Waals surface area contributed by atoms with E-state index < -0.39 is 0 Å². The van der Waals surface area contributed by atoms with Gasteiger partial charge in [-0.15, -0.1) is 11.3 Å². The van der Waals surface area contributed by atoms with Crippen LogP contribution in [0.25, 0.3) is 0 Å². The molecule has 4 nitrogen and oxygen atoms in total. The zero-order chi connectivity index (χ0) is 19.2. The molecular weight excluding hydrogens is 363 g/mol. The topological polar surface area (TPSA) is 42.4 Å². The maximum Gasteiger partial charge on any atom is 0.265 e. The minimum absolute atomic E-state index is 0.0476. The van der Waals surface area contributed by atoms with Crippen LogP contribution in [0.4, 0.5) is 4.39 Å². The van der Waals surface area contributed by atoms with E-state index in [2.05, 4.69) is 11.9 Å². The van der Waals surface area contributed by atoms with E-state index in [9.17, 15) is 9.18 Å². The summed E-state index contributed by atoms with van der Waals surface area (Å²) in [6.07, 6.45) is 4.96. The summed E-state index contributed by atoms with van der Waals surface area (Å²) in [7, 11) is 0. The molecule has 1 fully saturated rings. The van der Waals surface area contributed by atoms with Crippen molar-refractivity contribution in [3.63, 3.8) is 0 Å². The Hall–Kier alpha value is -1.79. The number of hydrogen-bond donors (Lipinski definition) is 0. The van der Waals surface area contributed by atoms with Gasteiger partial charge in [0.2, 0.25) is 0 Å². The third-order valence-electron chi connectivity index (χ3n) is 4.78. The highest BCUT2D eigenvalue weighted by molar-refractivity contribution is 7.13. The van der Waals surface area contributed by atoms with Gasteiger partial charge in [-0.3, -0.25) is 4.79 Å². The fourth-order valence-corrected chi connectivity index (χ4v) is 4.46. The van der Waals surface area contributed by atoms with Gasteiger partial charge >= 0.3 is 0 Å². The standard InChI is InChI=1S/C21H27FN2O2S/c1-3-11-24(14-18-6-4-5-12-26-18)21(25)20-15(2)23-19(27-20)13-16-7-9-17(22)10-8-16/h7-10,18H,3-6,11-14H2,1-2H3. The number of thiazole rings is 1. The molecule has 0 radical (unpaired) electrons. The summed E-state index contributed by atoms with van der Waals surface area (Å²) in [5.41, 5.74) is 1.76. The summed E-state index contributed by atoms with van der Waals surface area (Å²) in [6.45, 7) is 6.14. The molecule has 0 N–H and O–H groups in total. The second-order valence-electron chi connectivity index (χ2n) is 7.07. The van der Waals surface area contributed by atoms with Crippen molar-refractivity contribution in [1.29, 1.82) is 0 Å². The van der Waals surface area contributed by atoms with E-state index in [0.717, 1.165) is 48.7 Å². The molecule has 27 heavy (non-hydrogen) atoms. The fourth-order valence-electron chi connectivity index (χ4n) is 3.39. The number of aryl methyl sites for hydroxylation is 1. The Morgan fingerprint density at radius 3 is 2.78 bits per heavy atom. The maximum atomic E-state index is 13.1. The molecule has 1 aromatic heterocycles. The number of benzene rings is 1.